The van der Waals surface area contributed by atoms with E-state index >= 15 is 0 Å². The number of nitrogens with zero attached hydrogens (tertiary/aromatic N) is 1. The highest BCUT2D eigenvalue weighted by molar-refractivity contribution is 6.30. The van der Waals surface area contributed by atoms with Crippen LogP contribution in [0.4, 0.5) is 4.39 Å². The Kier molecular flexibility index (Phi) is 3.31. The lowest BCUT2D eigenvalue weighted by molar-refractivity contribution is 0.150. The third kappa shape index (κ3) is 2.04. The van der Waals surface area contributed by atoms with Gasteiger partial charge in [0.1, 0.15) is 5.82 Å². The van der Waals surface area contributed by atoms with Gasteiger partial charge in [-0.2, -0.15) is 0 Å². The molecule has 1 saturated heterocycles. The highest BCUT2D eigenvalue weighted by Crippen LogP contribution is 2.42. The van der Waals surface area contributed by atoms with Crippen molar-refractivity contribution in [3.8, 4) is 0 Å². The van der Waals surface area contributed by atoms with E-state index in [9.17, 15) is 4.39 Å². The Labute approximate surface area is 112 Å². The van der Waals surface area contributed by atoms with Crippen molar-refractivity contribution in [1.29, 1.82) is 0 Å². The summed E-state index contributed by atoms with van der Waals surface area (Å²) in [4.78, 5) is 2.39. The summed E-state index contributed by atoms with van der Waals surface area (Å²) in [5.74, 6) is 0.556. The Morgan fingerprint density at radius 3 is 2.83 bits per heavy atom. The lowest BCUT2D eigenvalue weighted by Gasteiger charge is -2.34. The molecule has 3 rings (SSSR count). The molecule has 1 aliphatic carbocycles. The van der Waals surface area contributed by atoms with Crippen LogP contribution in [0.5, 0.6) is 0 Å². The van der Waals surface area contributed by atoms with Crippen molar-refractivity contribution < 1.29 is 4.39 Å². The van der Waals surface area contributed by atoms with Crippen LogP contribution in [0.25, 0.3) is 0 Å². The second kappa shape index (κ2) is 4.80. The van der Waals surface area contributed by atoms with Crippen molar-refractivity contribution in [2.45, 2.75) is 31.3 Å². The molecular weight excluding hydrogens is 251 g/mol. The zero-order valence-electron chi connectivity index (χ0n) is 10.3. The molecule has 98 valence electrons. The molecular formula is C14H18ClFN2. The third-order valence-electron chi connectivity index (χ3n) is 4.40. The SMILES string of the molecule is NCC(c1ccc(Cl)cc1F)N1CC2CCC1C2. The number of likely N-dealkylation sites (tertiary alicyclic amines) is 1. The van der Waals surface area contributed by atoms with Crippen LogP contribution in [0, 0.1) is 11.7 Å². The molecule has 0 aromatic heterocycles. The van der Waals surface area contributed by atoms with Gasteiger partial charge in [0.2, 0.25) is 0 Å². The first-order valence-electron chi connectivity index (χ1n) is 6.60. The van der Waals surface area contributed by atoms with E-state index in [1.165, 1.54) is 25.3 Å². The molecule has 1 aromatic carbocycles. The minimum absolute atomic E-state index is 0.00225. The van der Waals surface area contributed by atoms with Gasteiger partial charge in [0.15, 0.2) is 0 Å². The molecule has 1 saturated carbocycles. The van der Waals surface area contributed by atoms with Gasteiger partial charge < -0.3 is 5.73 Å². The van der Waals surface area contributed by atoms with Crippen molar-refractivity contribution in [3.63, 3.8) is 0 Å². The molecule has 4 heteroatoms. The third-order valence-corrected chi connectivity index (χ3v) is 4.63. The molecule has 0 amide bonds. The summed E-state index contributed by atoms with van der Waals surface area (Å²) in [6, 6.07) is 5.50. The number of benzene rings is 1. The van der Waals surface area contributed by atoms with Gasteiger partial charge in [-0.25, -0.2) is 4.39 Å². The fourth-order valence-corrected chi connectivity index (χ4v) is 3.72. The number of fused-ring (bicyclic) bond motifs is 2. The minimum atomic E-state index is -0.235. The van der Waals surface area contributed by atoms with Gasteiger partial charge in [-0.15, -0.1) is 0 Å². The van der Waals surface area contributed by atoms with E-state index in [2.05, 4.69) is 4.90 Å². The summed E-state index contributed by atoms with van der Waals surface area (Å²) in [5.41, 5.74) is 6.57. The molecule has 3 unspecified atom stereocenters. The molecule has 2 bridgehead atoms. The van der Waals surface area contributed by atoms with Crippen LogP contribution in [0.2, 0.25) is 5.02 Å². The number of hydrogen-bond acceptors (Lipinski definition) is 2. The van der Waals surface area contributed by atoms with Crippen LogP contribution in [-0.4, -0.2) is 24.0 Å². The van der Waals surface area contributed by atoms with E-state index in [0.717, 1.165) is 12.5 Å². The normalized spacial score (nSPS) is 28.8. The van der Waals surface area contributed by atoms with Crippen molar-refractivity contribution in [1.82, 2.24) is 4.90 Å². The van der Waals surface area contributed by atoms with E-state index in [1.807, 2.05) is 0 Å². The molecule has 18 heavy (non-hydrogen) atoms. The molecule has 1 aromatic rings. The van der Waals surface area contributed by atoms with Gasteiger partial charge in [0.25, 0.3) is 0 Å². The number of halogens is 2. The number of rotatable bonds is 3. The maximum atomic E-state index is 14.0. The fourth-order valence-electron chi connectivity index (χ4n) is 3.56. The second-order valence-electron chi connectivity index (χ2n) is 5.45. The first kappa shape index (κ1) is 12.4. The van der Waals surface area contributed by atoms with Crippen LogP contribution in [-0.2, 0) is 0 Å². The lowest BCUT2D eigenvalue weighted by atomic mass is 10.0. The van der Waals surface area contributed by atoms with Gasteiger partial charge >= 0.3 is 0 Å². The molecule has 2 nitrogen and oxygen atoms in total. The summed E-state index contributed by atoms with van der Waals surface area (Å²) in [5, 5.41) is 0.440. The Morgan fingerprint density at radius 1 is 1.44 bits per heavy atom. The molecule has 0 radical (unpaired) electrons. The average molecular weight is 269 g/mol. The van der Waals surface area contributed by atoms with Crippen LogP contribution in [0.15, 0.2) is 18.2 Å². The number of piperidine rings is 1. The van der Waals surface area contributed by atoms with Gasteiger partial charge in [-0.1, -0.05) is 17.7 Å². The highest BCUT2D eigenvalue weighted by atomic mass is 35.5. The molecule has 0 spiro atoms. The van der Waals surface area contributed by atoms with Crippen molar-refractivity contribution in [2.24, 2.45) is 11.7 Å². The molecule has 2 fully saturated rings. The van der Waals surface area contributed by atoms with Crippen LogP contribution >= 0.6 is 11.6 Å². The first-order chi connectivity index (χ1) is 8.69. The minimum Gasteiger partial charge on any atom is -0.329 e. The van der Waals surface area contributed by atoms with Gasteiger partial charge in [0, 0.05) is 29.7 Å². The highest BCUT2D eigenvalue weighted by Gasteiger charge is 2.41. The van der Waals surface area contributed by atoms with E-state index in [4.69, 9.17) is 17.3 Å². The van der Waals surface area contributed by atoms with Crippen molar-refractivity contribution in [2.75, 3.05) is 13.1 Å². The summed E-state index contributed by atoms with van der Waals surface area (Å²) < 4.78 is 14.0. The average Bonchev–Trinajstić information content (AvgIpc) is 2.95. The van der Waals surface area contributed by atoms with E-state index in [1.54, 1.807) is 12.1 Å². The standard InChI is InChI=1S/C14H18ClFN2/c15-10-2-4-12(13(16)6-10)14(7-17)18-8-9-1-3-11(18)5-9/h2,4,6,9,11,14H,1,3,5,7-8,17H2. The predicted octanol–water partition coefficient (Wildman–Crippen LogP) is 2.96. The topological polar surface area (TPSA) is 29.3 Å². The smallest absolute Gasteiger partial charge is 0.129 e. The lowest BCUT2D eigenvalue weighted by Crippen LogP contribution is -2.39. The largest absolute Gasteiger partial charge is 0.329 e. The Hall–Kier alpha value is -0.640. The second-order valence-corrected chi connectivity index (χ2v) is 5.88. The monoisotopic (exact) mass is 268 g/mol. The maximum Gasteiger partial charge on any atom is 0.129 e. The quantitative estimate of drug-likeness (QED) is 0.913. The summed E-state index contributed by atoms with van der Waals surface area (Å²) in [6.45, 7) is 1.52. The summed E-state index contributed by atoms with van der Waals surface area (Å²) in [6.07, 6.45) is 3.81. The predicted molar refractivity (Wildman–Crippen MR) is 71.0 cm³/mol. The Morgan fingerprint density at radius 2 is 2.28 bits per heavy atom. The molecule has 1 aliphatic heterocycles. The summed E-state index contributed by atoms with van der Waals surface area (Å²) >= 11 is 5.80. The molecule has 1 heterocycles. The van der Waals surface area contributed by atoms with E-state index in [-0.39, 0.29) is 11.9 Å². The van der Waals surface area contributed by atoms with Gasteiger partial charge in [-0.05, 0) is 37.3 Å². The van der Waals surface area contributed by atoms with E-state index in [0.29, 0.717) is 23.2 Å². The molecule has 2 N–H and O–H groups in total. The van der Waals surface area contributed by atoms with E-state index < -0.39 is 0 Å². The number of nitrogens with two attached hydrogens (primary N) is 1. The Balaban J connectivity index is 1.88. The van der Waals surface area contributed by atoms with Crippen molar-refractivity contribution >= 4 is 11.6 Å². The Bertz CT molecular complexity index is 451. The van der Waals surface area contributed by atoms with Crippen LogP contribution < -0.4 is 5.73 Å². The van der Waals surface area contributed by atoms with Crippen LogP contribution in [0.1, 0.15) is 30.9 Å². The first-order valence-corrected chi connectivity index (χ1v) is 6.97. The van der Waals surface area contributed by atoms with Gasteiger partial charge in [0.05, 0.1) is 6.04 Å². The molecule has 3 atom stereocenters. The zero-order valence-corrected chi connectivity index (χ0v) is 11.0. The van der Waals surface area contributed by atoms with Crippen molar-refractivity contribution in [3.05, 3.63) is 34.6 Å². The van der Waals surface area contributed by atoms with Gasteiger partial charge in [-0.3, -0.25) is 4.90 Å². The fraction of sp³-hybridized carbons (Fsp3) is 0.571. The molecule has 2 aliphatic rings. The van der Waals surface area contributed by atoms with Crippen LogP contribution in [0.3, 0.4) is 0 Å². The maximum absolute atomic E-state index is 14.0. The summed E-state index contributed by atoms with van der Waals surface area (Å²) in [7, 11) is 0. The zero-order chi connectivity index (χ0) is 12.7. The number of hydrogen-bond donors (Lipinski definition) is 1.